The van der Waals surface area contributed by atoms with Gasteiger partial charge in [0.2, 0.25) is 0 Å². The summed E-state index contributed by atoms with van der Waals surface area (Å²) in [4.78, 5) is 13.1. The Morgan fingerprint density at radius 3 is 3.13 bits per heavy atom. The first-order valence-electron chi connectivity index (χ1n) is 5.14. The zero-order chi connectivity index (χ0) is 10.8. The molecule has 1 aliphatic heterocycles. The van der Waals surface area contributed by atoms with Gasteiger partial charge in [-0.2, -0.15) is 5.10 Å². The van der Waals surface area contributed by atoms with Gasteiger partial charge in [0, 0.05) is 19.2 Å². The van der Waals surface area contributed by atoms with Crippen LogP contribution in [-0.4, -0.2) is 34.5 Å². The van der Waals surface area contributed by atoms with E-state index in [1.54, 1.807) is 6.20 Å². The van der Waals surface area contributed by atoms with Gasteiger partial charge in [-0.1, -0.05) is 6.92 Å². The molecule has 1 aromatic heterocycles. The Hall–Kier alpha value is -1.36. The Kier molecular flexibility index (Phi) is 2.73. The molecule has 2 heterocycles. The van der Waals surface area contributed by atoms with Crippen LogP contribution in [0.15, 0.2) is 17.1 Å². The van der Waals surface area contributed by atoms with Crippen LogP contribution in [-0.2, 0) is 0 Å². The van der Waals surface area contributed by atoms with Crippen molar-refractivity contribution < 1.29 is 5.11 Å². The van der Waals surface area contributed by atoms with E-state index in [1.807, 2.05) is 11.8 Å². The minimum absolute atomic E-state index is 0.208. The van der Waals surface area contributed by atoms with Gasteiger partial charge < -0.3 is 10.0 Å². The zero-order valence-electron chi connectivity index (χ0n) is 8.68. The predicted molar refractivity (Wildman–Crippen MR) is 56.9 cm³/mol. The SMILES string of the molecule is CC1CCN(c2cn[nH]c(=O)c2)CC1O. The fourth-order valence-corrected chi connectivity index (χ4v) is 1.82. The molecule has 0 aliphatic carbocycles. The zero-order valence-corrected chi connectivity index (χ0v) is 8.68. The molecule has 2 N–H and O–H groups in total. The molecule has 1 aliphatic rings. The molecule has 2 unspecified atom stereocenters. The average Bonchev–Trinajstić information content (AvgIpc) is 2.22. The molecule has 1 fully saturated rings. The highest BCUT2D eigenvalue weighted by atomic mass is 16.3. The molecule has 15 heavy (non-hydrogen) atoms. The van der Waals surface area contributed by atoms with Gasteiger partial charge in [-0.05, 0) is 12.3 Å². The fraction of sp³-hybridized carbons (Fsp3) is 0.600. The molecule has 5 nitrogen and oxygen atoms in total. The van der Waals surface area contributed by atoms with Crippen LogP contribution in [0.1, 0.15) is 13.3 Å². The molecule has 82 valence electrons. The Bertz CT molecular complexity index is 390. The van der Waals surface area contributed by atoms with E-state index in [1.165, 1.54) is 6.07 Å². The van der Waals surface area contributed by atoms with Crippen LogP contribution in [0.4, 0.5) is 5.69 Å². The maximum absolute atomic E-state index is 11.1. The normalized spacial score (nSPS) is 26.7. The number of aliphatic hydroxyl groups is 1. The maximum Gasteiger partial charge on any atom is 0.266 e. The molecule has 0 aromatic carbocycles. The van der Waals surface area contributed by atoms with Crippen molar-refractivity contribution in [2.45, 2.75) is 19.4 Å². The molecule has 0 amide bonds. The first-order valence-corrected chi connectivity index (χ1v) is 5.14. The van der Waals surface area contributed by atoms with Gasteiger partial charge in [0.25, 0.3) is 5.56 Å². The number of β-amino-alcohol motifs (C(OH)–C–C–N with tert-alkyl or cyclic N) is 1. The van der Waals surface area contributed by atoms with Crippen molar-refractivity contribution >= 4 is 5.69 Å². The molecule has 2 rings (SSSR count). The van der Waals surface area contributed by atoms with Crippen molar-refractivity contribution in [3.63, 3.8) is 0 Å². The highest BCUT2D eigenvalue weighted by molar-refractivity contribution is 5.43. The van der Waals surface area contributed by atoms with Gasteiger partial charge in [-0.15, -0.1) is 0 Å². The molecule has 1 saturated heterocycles. The lowest BCUT2D eigenvalue weighted by Gasteiger charge is -2.35. The number of hydrogen-bond donors (Lipinski definition) is 2. The molecule has 5 heteroatoms. The summed E-state index contributed by atoms with van der Waals surface area (Å²) < 4.78 is 0. The molecule has 0 bridgehead atoms. The van der Waals surface area contributed by atoms with Crippen LogP contribution in [0.25, 0.3) is 0 Å². The van der Waals surface area contributed by atoms with E-state index < -0.39 is 0 Å². The average molecular weight is 209 g/mol. The number of nitrogens with zero attached hydrogens (tertiary/aromatic N) is 2. The van der Waals surface area contributed by atoms with E-state index in [2.05, 4.69) is 10.2 Å². The van der Waals surface area contributed by atoms with Crippen LogP contribution in [0.5, 0.6) is 0 Å². The molecule has 0 saturated carbocycles. The van der Waals surface area contributed by atoms with Crippen LogP contribution < -0.4 is 10.5 Å². The Labute approximate surface area is 87.7 Å². The minimum atomic E-state index is -0.321. The van der Waals surface area contributed by atoms with Gasteiger partial charge in [0.1, 0.15) is 0 Å². The summed E-state index contributed by atoms with van der Waals surface area (Å²) >= 11 is 0. The second-order valence-corrected chi connectivity index (χ2v) is 4.08. The first kappa shape index (κ1) is 10.2. The van der Waals surface area contributed by atoms with Gasteiger partial charge in [0.15, 0.2) is 0 Å². The number of rotatable bonds is 1. The van der Waals surface area contributed by atoms with Crippen LogP contribution >= 0.6 is 0 Å². The van der Waals surface area contributed by atoms with Gasteiger partial charge in [-0.25, -0.2) is 5.10 Å². The highest BCUT2D eigenvalue weighted by Gasteiger charge is 2.24. The Morgan fingerprint density at radius 1 is 1.67 bits per heavy atom. The second kappa shape index (κ2) is 4.02. The van der Waals surface area contributed by atoms with Crippen molar-refractivity contribution in [2.75, 3.05) is 18.0 Å². The molecule has 0 spiro atoms. The number of hydrogen-bond acceptors (Lipinski definition) is 4. The van der Waals surface area contributed by atoms with Gasteiger partial charge in [0.05, 0.1) is 18.0 Å². The van der Waals surface area contributed by atoms with E-state index in [9.17, 15) is 9.90 Å². The Morgan fingerprint density at radius 2 is 2.47 bits per heavy atom. The summed E-state index contributed by atoms with van der Waals surface area (Å²) in [6.07, 6.45) is 2.23. The molecular formula is C10H15N3O2. The lowest BCUT2D eigenvalue weighted by atomic mass is 9.96. The van der Waals surface area contributed by atoms with Crippen molar-refractivity contribution in [2.24, 2.45) is 5.92 Å². The lowest BCUT2D eigenvalue weighted by Crippen LogP contribution is -2.43. The third-order valence-corrected chi connectivity index (χ3v) is 2.93. The maximum atomic E-state index is 11.1. The number of aromatic nitrogens is 2. The summed E-state index contributed by atoms with van der Waals surface area (Å²) in [5, 5.41) is 15.8. The number of aliphatic hydroxyl groups excluding tert-OH is 1. The summed E-state index contributed by atoms with van der Waals surface area (Å²) in [5.41, 5.74) is 0.574. The van der Waals surface area contributed by atoms with E-state index in [0.29, 0.717) is 12.5 Å². The van der Waals surface area contributed by atoms with Crippen LogP contribution in [0.3, 0.4) is 0 Å². The fourth-order valence-electron chi connectivity index (χ4n) is 1.82. The van der Waals surface area contributed by atoms with Crippen molar-refractivity contribution in [1.82, 2.24) is 10.2 Å². The van der Waals surface area contributed by atoms with Crippen molar-refractivity contribution in [3.8, 4) is 0 Å². The highest BCUT2D eigenvalue weighted by Crippen LogP contribution is 2.21. The number of anilines is 1. The molecule has 1 aromatic rings. The predicted octanol–water partition coefficient (Wildman–Crippen LogP) is -0.0230. The smallest absolute Gasteiger partial charge is 0.266 e. The standard InChI is InChI=1S/C10H15N3O2/c1-7-2-3-13(6-9(7)14)8-4-10(15)12-11-5-8/h4-5,7,9,14H,2-3,6H2,1H3,(H,12,15). The molecule has 0 radical (unpaired) electrons. The third kappa shape index (κ3) is 2.18. The van der Waals surface area contributed by atoms with E-state index in [-0.39, 0.29) is 11.7 Å². The summed E-state index contributed by atoms with van der Waals surface area (Å²) in [5.74, 6) is 0.330. The number of aromatic amines is 1. The quantitative estimate of drug-likeness (QED) is 0.682. The van der Waals surface area contributed by atoms with Crippen molar-refractivity contribution in [1.29, 1.82) is 0 Å². The third-order valence-electron chi connectivity index (χ3n) is 2.93. The first-order chi connectivity index (χ1) is 7.16. The van der Waals surface area contributed by atoms with E-state index in [4.69, 9.17) is 0 Å². The number of piperidine rings is 1. The minimum Gasteiger partial charge on any atom is -0.391 e. The van der Waals surface area contributed by atoms with Crippen molar-refractivity contribution in [3.05, 3.63) is 22.6 Å². The summed E-state index contributed by atoms with van der Waals surface area (Å²) in [7, 11) is 0. The summed E-state index contributed by atoms with van der Waals surface area (Å²) in [6.45, 7) is 3.48. The Balaban J connectivity index is 2.15. The second-order valence-electron chi connectivity index (χ2n) is 4.08. The van der Waals surface area contributed by atoms with E-state index >= 15 is 0 Å². The monoisotopic (exact) mass is 209 g/mol. The number of nitrogens with one attached hydrogen (secondary N) is 1. The molecule has 2 atom stereocenters. The van der Waals surface area contributed by atoms with E-state index in [0.717, 1.165) is 18.7 Å². The van der Waals surface area contributed by atoms with Gasteiger partial charge >= 0.3 is 0 Å². The lowest BCUT2D eigenvalue weighted by molar-refractivity contribution is 0.103. The van der Waals surface area contributed by atoms with Crippen LogP contribution in [0, 0.1) is 5.92 Å². The molecular weight excluding hydrogens is 194 g/mol. The summed E-state index contributed by atoms with van der Waals surface area (Å²) in [6, 6.07) is 1.51. The largest absolute Gasteiger partial charge is 0.391 e. The van der Waals surface area contributed by atoms with Gasteiger partial charge in [-0.3, -0.25) is 4.79 Å². The van der Waals surface area contributed by atoms with Crippen LogP contribution in [0.2, 0.25) is 0 Å². The number of H-pyrrole nitrogens is 1. The topological polar surface area (TPSA) is 69.2 Å².